The molecule has 96 valence electrons. The predicted molar refractivity (Wildman–Crippen MR) is 77.2 cm³/mol. The van der Waals surface area contributed by atoms with Gasteiger partial charge in [0, 0.05) is 18.1 Å². The Balaban J connectivity index is 2.06. The molecule has 2 aromatic rings. The smallest absolute Gasteiger partial charge is 0.237 e. The highest BCUT2D eigenvalue weighted by Gasteiger charge is 2.48. The number of nitrogens with zero attached hydrogens (tertiary/aromatic N) is 2. The topological polar surface area (TPSA) is 33.2 Å². The number of aryl methyl sites for hydroxylation is 1. The maximum absolute atomic E-state index is 12.3. The van der Waals surface area contributed by atoms with Gasteiger partial charge < -0.3 is 4.90 Å². The number of para-hydroxylation sites is 1. The number of aromatic nitrogens is 1. The van der Waals surface area contributed by atoms with Gasteiger partial charge in [0.2, 0.25) is 5.91 Å². The van der Waals surface area contributed by atoms with Gasteiger partial charge in [-0.3, -0.25) is 4.79 Å². The van der Waals surface area contributed by atoms with Crippen molar-refractivity contribution in [1.82, 2.24) is 4.98 Å². The standard InChI is InChI=1S/C15H14N2OS/c1-3-12-13(14-16-10(2)9-19-14)17(15(12)18)11-7-5-4-6-8-11/h3-9,12-13H,1H2,2H3/t12-,13+/m1/s1/i12D. The van der Waals surface area contributed by atoms with Crippen LogP contribution in [0.15, 0.2) is 48.4 Å². The molecule has 19 heavy (non-hydrogen) atoms. The zero-order chi connectivity index (χ0) is 14.3. The van der Waals surface area contributed by atoms with Crippen LogP contribution in [0.1, 0.15) is 18.1 Å². The number of benzene rings is 1. The van der Waals surface area contributed by atoms with Crippen LogP contribution in [0.3, 0.4) is 0 Å². The molecule has 1 fully saturated rings. The number of amides is 1. The number of thiazole rings is 1. The summed E-state index contributed by atoms with van der Waals surface area (Å²) in [5.74, 6) is -1.57. The highest BCUT2D eigenvalue weighted by atomic mass is 32.1. The van der Waals surface area contributed by atoms with Crippen LogP contribution in [0.5, 0.6) is 0 Å². The van der Waals surface area contributed by atoms with Crippen LogP contribution < -0.4 is 4.90 Å². The first-order valence-electron chi connectivity index (χ1n) is 6.52. The van der Waals surface area contributed by atoms with E-state index in [2.05, 4.69) is 11.6 Å². The van der Waals surface area contributed by atoms with Crippen molar-refractivity contribution in [3.63, 3.8) is 0 Å². The second-order valence-corrected chi connectivity index (χ2v) is 5.29. The molecular weight excluding hydrogens is 256 g/mol. The molecule has 3 nitrogen and oxygen atoms in total. The molecule has 1 aliphatic heterocycles. The zero-order valence-corrected chi connectivity index (χ0v) is 11.4. The summed E-state index contributed by atoms with van der Waals surface area (Å²) in [6.07, 6.45) is 1.41. The summed E-state index contributed by atoms with van der Waals surface area (Å²) in [5.41, 5.74) is 1.70. The van der Waals surface area contributed by atoms with Crippen molar-refractivity contribution in [2.24, 2.45) is 5.89 Å². The van der Waals surface area contributed by atoms with Gasteiger partial charge in [-0.1, -0.05) is 24.3 Å². The largest absolute Gasteiger partial charge is 0.301 e. The first kappa shape index (κ1) is 10.9. The fourth-order valence-electron chi connectivity index (χ4n) is 2.24. The third kappa shape index (κ3) is 1.88. The molecule has 2 atom stereocenters. The van der Waals surface area contributed by atoms with Crippen molar-refractivity contribution in [1.29, 1.82) is 0 Å². The van der Waals surface area contributed by atoms with E-state index in [-0.39, 0.29) is 5.91 Å². The first-order valence-corrected chi connectivity index (χ1v) is 6.90. The van der Waals surface area contributed by atoms with E-state index in [1.165, 1.54) is 17.4 Å². The lowest BCUT2D eigenvalue weighted by Gasteiger charge is -2.44. The SMILES string of the molecule is [2H][C@]1(C=C)C(=O)N(c2ccccc2)[C@@H]1c1nc(C)cs1. The van der Waals surface area contributed by atoms with Gasteiger partial charge in [-0.05, 0) is 19.1 Å². The molecule has 1 aromatic carbocycles. The number of carbonyl (C=O) groups excluding carboxylic acids is 1. The van der Waals surface area contributed by atoms with E-state index in [9.17, 15) is 4.79 Å². The van der Waals surface area contributed by atoms with Gasteiger partial charge in [0.25, 0.3) is 0 Å². The molecule has 0 N–H and O–H groups in total. The Morgan fingerprint density at radius 3 is 2.79 bits per heavy atom. The molecule has 1 aliphatic rings. The summed E-state index contributed by atoms with van der Waals surface area (Å²) in [5, 5.41) is 2.71. The van der Waals surface area contributed by atoms with E-state index in [0.29, 0.717) is 0 Å². The molecule has 4 heteroatoms. The molecule has 0 unspecified atom stereocenters. The average molecular weight is 271 g/mol. The minimum Gasteiger partial charge on any atom is -0.301 e. The van der Waals surface area contributed by atoms with E-state index in [4.69, 9.17) is 1.37 Å². The average Bonchev–Trinajstić information content (AvgIpc) is 2.89. The lowest BCUT2D eigenvalue weighted by molar-refractivity contribution is -0.128. The van der Waals surface area contributed by atoms with Crippen LogP contribution in [0.4, 0.5) is 5.69 Å². The Morgan fingerprint density at radius 2 is 2.21 bits per heavy atom. The summed E-state index contributed by atoms with van der Waals surface area (Å²) in [6, 6.07) is 9.00. The summed E-state index contributed by atoms with van der Waals surface area (Å²) < 4.78 is 8.36. The van der Waals surface area contributed by atoms with Crippen molar-refractivity contribution >= 4 is 22.9 Å². The van der Waals surface area contributed by atoms with E-state index in [1.807, 2.05) is 42.6 Å². The van der Waals surface area contributed by atoms with Crippen molar-refractivity contribution in [2.75, 3.05) is 4.90 Å². The Hall–Kier alpha value is -1.94. The minimum atomic E-state index is -1.32. The van der Waals surface area contributed by atoms with Crippen molar-refractivity contribution in [3.8, 4) is 0 Å². The quantitative estimate of drug-likeness (QED) is 0.633. The van der Waals surface area contributed by atoms with E-state index < -0.39 is 11.9 Å². The van der Waals surface area contributed by atoms with E-state index in [0.717, 1.165) is 16.4 Å². The monoisotopic (exact) mass is 271 g/mol. The second kappa shape index (κ2) is 4.63. The van der Waals surface area contributed by atoms with Crippen molar-refractivity contribution in [2.45, 2.75) is 13.0 Å². The minimum absolute atomic E-state index is 0.253. The molecule has 3 rings (SSSR count). The molecule has 1 saturated heterocycles. The van der Waals surface area contributed by atoms with Gasteiger partial charge in [0.05, 0.1) is 5.89 Å². The number of carbonyl (C=O) groups is 1. The summed E-state index contributed by atoms with van der Waals surface area (Å²) >= 11 is 1.48. The Kier molecular flexibility index (Phi) is 2.66. The van der Waals surface area contributed by atoms with E-state index in [1.54, 1.807) is 4.90 Å². The normalized spacial score (nSPS) is 26.8. The maximum Gasteiger partial charge on any atom is 0.237 e. The van der Waals surface area contributed by atoms with Crippen molar-refractivity contribution < 1.29 is 6.17 Å². The lowest BCUT2D eigenvalue weighted by atomic mass is 9.87. The molecule has 0 radical (unpaired) electrons. The molecule has 1 amide bonds. The molecule has 0 aliphatic carbocycles. The Labute approximate surface area is 117 Å². The van der Waals surface area contributed by atoms with Gasteiger partial charge in [0.15, 0.2) is 0 Å². The number of anilines is 1. The van der Waals surface area contributed by atoms with Crippen LogP contribution in [-0.4, -0.2) is 10.9 Å². The molecule has 0 spiro atoms. The third-order valence-corrected chi connectivity index (χ3v) is 4.16. The van der Waals surface area contributed by atoms with Crippen LogP contribution in [0.25, 0.3) is 0 Å². The second-order valence-electron chi connectivity index (χ2n) is 4.40. The van der Waals surface area contributed by atoms with Gasteiger partial charge in [0.1, 0.15) is 11.0 Å². The number of hydrogen-bond acceptors (Lipinski definition) is 3. The van der Waals surface area contributed by atoms with Crippen LogP contribution in [-0.2, 0) is 4.79 Å². The van der Waals surface area contributed by atoms with Gasteiger partial charge >= 0.3 is 0 Å². The highest BCUT2D eigenvalue weighted by Crippen LogP contribution is 2.44. The van der Waals surface area contributed by atoms with Crippen LogP contribution >= 0.6 is 11.3 Å². The molecule has 1 aromatic heterocycles. The van der Waals surface area contributed by atoms with Crippen LogP contribution in [0, 0.1) is 12.8 Å². The van der Waals surface area contributed by atoms with Crippen molar-refractivity contribution in [3.05, 3.63) is 59.1 Å². The number of hydrogen-bond donors (Lipinski definition) is 0. The highest BCUT2D eigenvalue weighted by molar-refractivity contribution is 7.09. The summed E-state index contributed by atoms with van der Waals surface area (Å²) in [6.45, 7) is 5.57. The summed E-state index contributed by atoms with van der Waals surface area (Å²) in [4.78, 5) is 18.4. The number of rotatable bonds is 3. The molecule has 2 heterocycles. The van der Waals surface area contributed by atoms with Gasteiger partial charge in [-0.25, -0.2) is 4.98 Å². The Bertz CT molecular complexity index is 670. The lowest BCUT2D eigenvalue weighted by Crippen LogP contribution is -2.54. The molecule has 0 bridgehead atoms. The van der Waals surface area contributed by atoms with Crippen LogP contribution in [0.2, 0.25) is 0 Å². The van der Waals surface area contributed by atoms with Gasteiger partial charge in [-0.15, -0.1) is 17.9 Å². The molecule has 0 saturated carbocycles. The molecular formula is C15H14N2OS. The number of β-lactam (4-membered cyclic amide) rings is 1. The van der Waals surface area contributed by atoms with Gasteiger partial charge in [-0.2, -0.15) is 0 Å². The maximum atomic E-state index is 12.3. The predicted octanol–water partition coefficient (Wildman–Crippen LogP) is 3.34. The zero-order valence-electron chi connectivity index (χ0n) is 11.5. The third-order valence-electron chi connectivity index (χ3n) is 3.14. The Morgan fingerprint density at radius 1 is 1.47 bits per heavy atom. The van der Waals surface area contributed by atoms with E-state index >= 15 is 0 Å². The fraction of sp³-hybridized carbons (Fsp3) is 0.200. The summed E-state index contributed by atoms with van der Waals surface area (Å²) in [7, 11) is 0. The fourth-order valence-corrected chi connectivity index (χ4v) is 3.14. The first-order chi connectivity index (χ1) is 9.58.